The maximum absolute atomic E-state index is 8.72. The van der Waals surface area contributed by atoms with Gasteiger partial charge >= 0.3 is 7.69 Å². The number of hydrogen-bond donors (Lipinski definition) is 1. The highest BCUT2D eigenvalue weighted by Crippen LogP contribution is 2.37. The summed E-state index contributed by atoms with van der Waals surface area (Å²) < 4.78 is 15.6. The van der Waals surface area contributed by atoms with Crippen LogP contribution in [0.2, 0.25) is 0 Å². The zero-order chi connectivity index (χ0) is 13.8. The lowest BCUT2D eigenvalue weighted by Crippen LogP contribution is -2.16. The molecule has 0 saturated heterocycles. The summed E-state index contributed by atoms with van der Waals surface area (Å²) in [5.41, 5.74) is 1.86. The van der Waals surface area contributed by atoms with Crippen molar-refractivity contribution in [1.29, 1.82) is 0 Å². The average molecular weight is 251 g/mol. The molecule has 4 nitrogen and oxygen atoms in total. The van der Waals surface area contributed by atoms with Crippen LogP contribution in [0.25, 0.3) is 0 Å². The van der Waals surface area contributed by atoms with Gasteiger partial charge in [0.05, 0.1) is 0 Å². The first-order valence-electron chi connectivity index (χ1n) is 5.79. The fourth-order valence-corrected chi connectivity index (χ4v) is 1.74. The van der Waals surface area contributed by atoms with E-state index in [4.69, 9.17) is 19.2 Å². The molecule has 99 valence electrons. The Morgan fingerprint density at radius 3 is 2.44 bits per heavy atom. The lowest BCUT2D eigenvalue weighted by Gasteiger charge is -2.25. The van der Waals surface area contributed by atoms with E-state index in [1.807, 2.05) is 19.1 Å². The quantitative estimate of drug-likeness (QED) is 0.643. The third kappa shape index (κ3) is 3.65. The van der Waals surface area contributed by atoms with Crippen LogP contribution in [-0.4, -0.2) is 26.6 Å². The Balaban J connectivity index is 3.22. The minimum Gasteiger partial charge on any atom is -0.537 e. The number of methoxy groups -OCH3 is 1. The van der Waals surface area contributed by atoms with Crippen molar-refractivity contribution < 1.29 is 19.2 Å². The Kier molecular flexibility index (Phi) is 5.05. The van der Waals surface area contributed by atoms with E-state index in [1.54, 1.807) is 7.11 Å². The van der Waals surface area contributed by atoms with Gasteiger partial charge in [0.15, 0.2) is 6.79 Å². The molecule has 0 unspecified atom stereocenters. The highest BCUT2D eigenvalue weighted by molar-refractivity contribution is 6.17. The van der Waals surface area contributed by atoms with Gasteiger partial charge in [-0.3, -0.25) is 0 Å². The van der Waals surface area contributed by atoms with Gasteiger partial charge in [-0.15, -0.1) is 0 Å². The number of benzene rings is 1. The third-order valence-corrected chi connectivity index (χ3v) is 2.57. The molecule has 0 aliphatic rings. The van der Waals surface area contributed by atoms with Crippen molar-refractivity contribution in [2.75, 3.05) is 13.9 Å². The van der Waals surface area contributed by atoms with Gasteiger partial charge in [0.1, 0.15) is 11.5 Å². The van der Waals surface area contributed by atoms with Crippen LogP contribution >= 0.6 is 0 Å². The highest BCUT2D eigenvalue weighted by atomic mass is 16.7. The predicted molar refractivity (Wildman–Crippen MR) is 71.0 cm³/mol. The zero-order valence-corrected chi connectivity index (χ0v) is 11.6. The van der Waals surface area contributed by atoms with Gasteiger partial charge in [-0.05, 0) is 30.0 Å². The lowest BCUT2D eigenvalue weighted by atomic mass is 9.85. The standard InChI is InChI=1S/C13H20BO4/c1-9-6-10(18-14-15)7-11(13(2,3)4)12(9)17-8-16-5/h6-7,15H,8H2,1-5H3. The van der Waals surface area contributed by atoms with Crippen molar-refractivity contribution in [3.8, 4) is 11.5 Å². The Morgan fingerprint density at radius 1 is 1.28 bits per heavy atom. The number of ether oxygens (including phenoxy) is 2. The number of hydrogen-bond acceptors (Lipinski definition) is 4. The fraction of sp³-hybridized carbons (Fsp3) is 0.538. The van der Waals surface area contributed by atoms with Gasteiger partial charge in [-0.25, -0.2) is 0 Å². The van der Waals surface area contributed by atoms with E-state index in [-0.39, 0.29) is 12.2 Å². The molecular weight excluding hydrogens is 231 g/mol. The van der Waals surface area contributed by atoms with Crippen molar-refractivity contribution in [3.05, 3.63) is 23.3 Å². The maximum Gasteiger partial charge on any atom is 0.569 e. The van der Waals surface area contributed by atoms with Gasteiger partial charge in [-0.1, -0.05) is 20.8 Å². The molecule has 0 spiro atoms. The molecule has 1 radical (unpaired) electrons. The monoisotopic (exact) mass is 251 g/mol. The molecule has 0 aliphatic carbocycles. The van der Waals surface area contributed by atoms with E-state index in [0.717, 1.165) is 16.9 Å². The summed E-state index contributed by atoms with van der Waals surface area (Å²) in [4.78, 5) is 0. The summed E-state index contributed by atoms with van der Waals surface area (Å²) in [6.07, 6.45) is 0. The van der Waals surface area contributed by atoms with Crippen LogP contribution in [0, 0.1) is 6.92 Å². The van der Waals surface area contributed by atoms with E-state index in [0.29, 0.717) is 13.4 Å². The first-order valence-corrected chi connectivity index (χ1v) is 5.79. The molecule has 1 N–H and O–H groups in total. The molecule has 0 saturated carbocycles. The second-order valence-electron chi connectivity index (χ2n) is 5.14. The van der Waals surface area contributed by atoms with Crippen LogP contribution < -0.4 is 9.39 Å². The Morgan fingerprint density at radius 2 is 1.94 bits per heavy atom. The van der Waals surface area contributed by atoms with Crippen LogP contribution in [0.4, 0.5) is 0 Å². The molecular formula is C13H20BO4. The zero-order valence-electron chi connectivity index (χ0n) is 11.6. The molecule has 0 heterocycles. The van der Waals surface area contributed by atoms with E-state index in [9.17, 15) is 0 Å². The molecule has 1 rings (SSSR count). The maximum atomic E-state index is 8.72. The summed E-state index contributed by atoms with van der Waals surface area (Å²) >= 11 is 0. The largest absolute Gasteiger partial charge is 0.569 e. The molecule has 1 aromatic rings. The summed E-state index contributed by atoms with van der Waals surface area (Å²) in [5.74, 6) is 1.39. The molecule has 0 amide bonds. The SMILES string of the molecule is COCOc1c(C)cc(O[B]O)cc1C(C)(C)C. The first kappa shape index (κ1) is 14.9. The van der Waals surface area contributed by atoms with Gasteiger partial charge in [0.2, 0.25) is 0 Å². The molecule has 18 heavy (non-hydrogen) atoms. The molecule has 0 aromatic heterocycles. The van der Waals surface area contributed by atoms with Gasteiger partial charge < -0.3 is 19.2 Å². The van der Waals surface area contributed by atoms with Crippen molar-refractivity contribution in [2.45, 2.75) is 33.1 Å². The molecule has 0 bridgehead atoms. The van der Waals surface area contributed by atoms with Gasteiger partial charge in [0, 0.05) is 12.7 Å². The Hall–Kier alpha value is -1.20. The predicted octanol–water partition coefficient (Wildman–Crippen LogP) is 2.18. The average Bonchev–Trinajstić information content (AvgIpc) is 2.26. The summed E-state index contributed by atoms with van der Waals surface area (Å²) in [7, 11) is 2.27. The smallest absolute Gasteiger partial charge is 0.537 e. The molecule has 0 atom stereocenters. The van der Waals surface area contributed by atoms with E-state index in [1.165, 1.54) is 0 Å². The Bertz CT molecular complexity index is 399. The third-order valence-electron chi connectivity index (χ3n) is 2.57. The minimum absolute atomic E-state index is 0.0946. The van der Waals surface area contributed by atoms with Crippen LogP contribution in [0.15, 0.2) is 12.1 Å². The van der Waals surface area contributed by atoms with E-state index in [2.05, 4.69) is 20.8 Å². The summed E-state index contributed by atoms with van der Waals surface area (Å²) in [6.45, 7) is 8.41. The van der Waals surface area contributed by atoms with Crippen molar-refractivity contribution in [3.63, 3.8) is 0 Å². The normalized spacial score (nSPS) is 11.2. The van der Waals surface area contributed by atoms with Crippen LogP contribution in [0.3, 0.4) is 0 Å². The van der Waals surface area contributed by atoms with Crippen molar-refractivity contribution in [2.24, 2.45) is 0 Å². The lowest BCUT2D eigenvalue weighted by molar-refractivity contribution is 0.0492. The Labute approximate surface area is 109 Å². The molecule has 0 fully saturated rings. The topological polar surface area (TPSA) is 47.9 Å². The van der Waals surface area contributed by atoms with Crippen molar-refractivity contribution in [1.82, 2.24) is 0 Å². The summed E-state index contributed by atoms with van der Waals surface area (Å²) in [6, 6.07) is 3.68. The molecule has 1 aromatic carbocycles. The number of aryl methyl sites for hydroxylation is 1. The van der Waals surface area contributed by atoms with Crippen molar-refractivity contribution >= 4 is 7.69 Å². The first-order chi connectivity index (χ1) is 8.40. The highest BCUT2D eigenvalue weighted by Gasteiger charge is 2.22. The van der Waals surface area contributed by atoms with Crippen LogP contribution in [-0.2, 0) is 10.2 Å². The van der Waals surface area contributed by atoms with Gasteiger partial charge in [-0.2, -0.15) is 0 Å². The van der Waals surface area contributed by atoms with E-state index < -0.39 is 0 Å². The van der Waals surface area contributed by atoms with Crippen LogP contribution in [0.5, 0.6) is 11.5 Å². The second kappa shape index (κ2) is 6.11. The van der Waals surface area contributed by atoms with Gasteiger partial charge in [0.25, 0.3) is 0 Å². The fourth-order valence-electron chi connectivity index (χ4n) is 1.74. The summed E-state index contributed by atoms with van der Waals surface area (Å²) in [5, 5.41) is 8.72. The van der Waals surface area contributed by atoms with E-state index >= 15 is 0 Å². The molecule has 5 heteroatoms. The number of rotatable bonds is 5. The minimum atomic E-state index is -0.0946. The second-order valence-corrected chi connectivity index (χ2v) is 5.14. The molecule has 0 aliphatic heterocycles. The van der Waals surface area contributed by atoms with Crippen LogP contribution in [0.1, 0.15) is 31.9 Å².